The summed E-state index contributed by atoms with van der Waals surface area (Å²) < 4.78 is 0.929. The van der Waals surface area contributed by atoms with Crippen LogP contribution in [0.5, 0.6) is 0 Å². The lowest BCUT2D eigenvalue weighted by molar-refractivity contribution is -0.0507. The molecule has 0 saturated heterocycles. The Kier molecular flexibility index (Phi) is 3.18. The molecule has 0 radical (unpaired) electrons. The molecule has 1 saturated carbocycles. The summed E-state index contributed by atoms with van der Waals surface area (Å²) in [4.78, 5) is 27.0. The van der Waals surface area contributed by atoms with Gasteiger partial charge in [0.05, 0.1) is 22.8 Å². The van der Waals surface area contributed by atoms with Crippen LogP contribution in [0, 0.1) is 0 Å². The van der Waals surface area contributed by atoms with Crippen molar-refractivity contribution in [2.45, 2.75) is 24.5 Å². The second-order valence-electron chi connectivity index (χ2n) is 6.09. The average Bonchev–Trinajstić information content (AvgIpc) is 2.77. The van der Waals surface area contributed by atoms with Crippen molar-refractivity contribution in [3.8, 4) is 0 Å². The van der Waals surface area contributed by atoms with E-state index in [-0.39, 0.29) is 11.8 Å². The van der Waals surface area contributed by atoms with Crippen LogP contribution < -0.4 is 0 Å². The summed E-state index contributed by atoms with van der Waals surface area (Å²) in [6, 6.07) is 14.5. The highest BCUT2D eigenvalue weighted by Gasteiger charge is 2.56. The summed E-state index contributed by atoms with van der Waals surface area (Å²) >= 11 is 3.40. The zero-order valence-electron chi connectivity index (χ0n) is 12.2. The molecule has 2 aromatic carbocycles. The number of fused-ring (bicyclic) bond motifs is 1. The zero-order chi connectivity index (χ0) is 16.2. The number of halogens is 1. The Morgan fingerprint density at radius 2 is 1.48 bits per heavy atom. The average molecular weight is 372 g/mol. The molecular weight excluding hydrogens is 358 g/mol. The van der Waals surface area contributed by atoms with E-state index in [9.17, 15) is 14.7 Å². The molecule has 1 heterocycles. The molecule has 1 aliphatic carbocycles. The molecule has 0 unspecified atom stereocenters. The zero-order valence-corrected chi connectivity index (χ0v) is 13.8. The van der Waals surface area contributed by atoms with Crippen LogP contribution in [0.1, 0.15) is 39.1 Å². The van der Waals surface area contributed by atoms with Gasteiger partial charge in [0.25, 0.3) is 11.8 Å². The minimum absolute atomic E-state index is 0.277. The second kappa shape index (κ2) is 5.01. The molecule has 0 bridgehead atoms. The summed E-state index contributed by atoms with van der Waals surface area (Å²) in [6.45, 7) is 0. The van der Waals surface area contributed by atoms with E-state index >= 15 is 0 Å². The number of hydrogen-bond acceptors (Lipinski definition) is 3. The fourth-order valence-corrected chi connectivity index (χ4v) is 3.87. The smallest absolute Gasteiger partial charge is 0.262 e. The van der Waals surface area contributed by atoms with Gasteiger partial charge in [0.15, 0.2) is 0 Å². The van der Waals surface area contributed by atoms with Crippen molar-refractivity contribution in [1.82, 2.24) is 4.90 Å². The van der Waals surface area contributed by atoms with Gasteiger partial charge in [-0.05, 0) is 29.8 Å². The second-order valence-corrected chi connectivity index (χ2v) is 7.01. The molecule has 0 spiro atoms. The van der Waals surface area contributed by atoms with E-state index in [0.717, 1.165) is 10.0 Å². The molecule has 2 aromatic rings. The molecule has 2 amide bonds. The molecule has 0 aromatic heterocycles. The Labute approximate surface area is 141 Å². The highest BCUT2D eigenvalue weighted by atomic mass is 79.9. The number of carbonyl (C=O) groups excluding carboxylic acids is 2. The van der Waals surface area contributed by atoms with E-state index < -0.39 is 11.6 Å². The van der Waals surface area contributed by atoms with Crippen molar-refractivity contribution in [3.63, 3.8) is 0 Å². The summed E-state index contributed by atoms with van der Waals surface area (Å²) in [5.74, 6) is -0.555. The third kappa shape index (κ3) is 2.00. The first kappa shape index (κ1) is 14.6. The van der Waals surface area contributed by atoms with Crippen molar-refractivity contribution < 1.29 is 14.7 Å². The van der Waals surface area contributed by atoms with Crippen LogP contribution in [0.2, 0.25) is 0 Å². The van der Waals surface area contributed by atoms with E-state index in [1.807, 2.05) is 24.3 Å². The first-order valence-electron chi connectivity index (χ1n) is 7.45. The van der Waals surface area contributed by atoms with Gasteiger partial charge < -0.3 is 5.11 Å². The Morgan fingerprint density at radius 3 is 1.96 bits per heavy atom. The van der Waals surface area contributed by atoms with E-state index in [0.29, 0.717) is 24.0 Å². The predicted octanol–water partition coefficient (Wildman–Crippen LogP) is 3.10. The van der Waals surface area contributed by atoms with Crippen LogP contribution in [0.25, 0.3) is 0 Å². The third-order valence-electron chi connectivity index (χ3n) is 4.75. The molecule has 2 aliphatic rings. The third-order valence-corrected chi connectivity index (χ3v) is 5.28. The van der Waals surface area contributed by atoms with E-state index in [1.54, 1.807) is 24.3 Å². The quantitative estimate of drug-likeness (QED) is 0.825. The van der Waals surface area contributed by atoms with Gasteiger partial charge in [-0.2, -0.15) is 0 Å². The Balaban J connectivity index is 1.82. The maximum absolute atomic E-state index is 12.8. The van der Waals surface area contributed by atoms with E-state index in [1.165, 1.54) is 4.90 Å². The van der Waals surface area contributed by atoms with Gasteiger partial charge in [-0.15, -0.1) is 0 Å². The minimum atomic E-state index is -0.757. The van der Waals surface area contributed by atoms with Crippen molar-refractivity contribution in [2.24, 2.45) is 0 Å². The fourth-order valence-electron chi connectivity index (χ4n) is 3.61. The number of rotatable bonds is 2. The molecule has 5 heteroatoms. The standard InChI is InChI=1S/C18H14BrNO3/c19-12-7-5-11(6-8-12)18(9-13(21)10-18)20-16(22)14-3-1-2-4-15(14)17(20)23/h1-8,13,21H,9-10H2/t13-,18-. The Hall–Kier alpha value is -1.98. The van der Waals surface area contributed by atoms with E-state index in [4.69, 9.17) is 0 Å². The monoisotopic (exact) mass is 371 g/mol. The van der Waals surface area contributed by atoms with Crippen molar-refractivity contribution in [1.29, 1.82) is 0 Å². The van der Waals surface area contributed by atoms with Gasteiger partial charge >= 0.3 is 0 Å². The summed E-state index contributed by atoms with van der Waals surface area (Å²) in [6.07, 6.45) is 0.253. The Morgan fingerprint density at radius 1 is 0.957 bits per heavy atom. The first-order chi connectivity index (χ1) is 11.0. The molecule has 4 rings (SSSR count). The normalized spacial score (nSPS) is 26.2. The maximum atomic E-state index is 12.8. The maximum Gasteiger partial charge on any atom is 0.262 e. The molecule has 116 valence electrons. The van der Waals surface area contributed by atoms with Gasteiger partial charge in [0, 0.05) is 17.3 Å². The van der Waals surface area contributed by atoms with Gasteiger partial charge in [0.2, 0.25) is 0 Å². The van der Waals surface area contributed by atoms with Crippen LogP contribution in [0.3, 0.4) is 0 Å². The van der Waals surface area contributed by atoms with Crippen LogP contribution in [0.4, 0.5) is 0 Å². The van der Waals surface area contributed by atoms with Gasteiger partial charge in [0.1, 0.15) is 0 Å². The van der Waals surface area contributed by atoms with Crippen LogP contribution >= 0.6 is 15.9 Å². The summed E-state index contributed by atoms with van der Waals surface area (Å²) in [5, 5.41) is 9.89. The SMILES string of the molecule is O=C1c2ccccc2C(=O)N1[C@]1(c2ccc(Br)cc2)C[C@@H](O)C1. The number of benzene rings is 2. The largest absolute Gasteiger partial charge is 0.393 e. The van der Waals surface area contributed by atoms with Gasteiger partial charge in [-0.1, -0.05) is 40.2 Å². The van der Waals surface area contributed by atoms with Crippen LogP contribution in [0.15, 0.2) is 53.0 Å². The minimum Gasteiger partial charge on any atom is -0.393 e. The predicted molar refractivity (Wildman–Crippen MR) is 88.0 cm³/mol. The lowest BCUT2D eigenvalue weighted by Gasteiger charge is -2.50. The Bertz CT molecular complexity index is 774. The first-order valence-corrected chi connectivity index (χ1v) is 8.24. The molecule has 23 heavy (non-hydrogen) atoms. The van der Waals surface area contributed by atoms with Crippen molar-refractivity contribution in [2.75, 3.05) is 0 Å². The molecule has 0 atom stereocenters. The molecule has 4 nitrogen and oxygen atoms in total. The summed E-state index contributed by atoms with van der Waals surface area (Å²) in [5.41, 5.74) is 0.999. The number of aliphatic hydroxyl groups excluding tert-OH is 1. The van der Waals surface area contributed by atoms with Crippen LogP contribution in [-0.4, -0.2) is 27.9 Å². The number of amides is 2. The fraction of sp³-hybridized carbons (Fsp3) is 0.222. The lowest BCUT2D eigenvalue weighted by Crippen LogP contribution is -2.59. The molecule has 1 fully saturated rings. The van der Waals surface area contributed by atoms with Gasteiger partial charge in [-0.3, -0.25) is 14.5 Å². The lowest BCUT2D eigenvalue weighted by atomic mass is 9.68. The molecule has 1 aliphatic heterocycles. The highest BCUT2D eigenvalue weighted by Crippen LogP contribution is 2.49. The number of nitrogens with zero attached hydrogens (tertiary/aromatic N) is 1. The van der Waals surface area contributed by atoms with Crippen molar-refractivity contribution in [3.05, 3.63) is 69.7 Å². The van der Waals surface area contributed by atoms with Crippen molar-refractivity contribution >= 4 is 27.7 Å². The molecule has 1 N–H and O–H groups in total. The number of imide groups is 1. The van der Waals surface area contributed by atoms with Gasteiger partial charge in [-0.25, -0.2) is 0 Å². The van der Waals surface area contributed by atoms with E-state index in [2.05, 4.69) is 15.9 Å². The van der Waals surface area contributed by atoms with Crippen LogP contribution in [-0.2, 0) is 5.54 Å². The number of aliphatic hydroxyl groups is 1. The highest BCUT2D eigenvalue weighted by molar-refractivity contribution is 9.10. The topological polar surface area (TPSA) is 57.6 Å². The summed E-state index contributed by atoms with van der Waals surface area (Å²) in [7, 11) is 0. The number of hydrogen-bond donors (Lipinski definition) is 1. The number of carbonyl (C=O) groups is 2. The molecular formula is C18H14BrNO3.